The SMILES string of the molecule is OCc1cc(Cl)ccc1OCc1cccc(C(F)(F)F)c1. The van der Waals surface area contributed by atoms with Crippen molar-refractivity contribution in [1.29, 1.82) is 0 Å². The molecule has 0 radical (unpaired) electrons. The van der Waals surface area contributed by atoms with E-state index in [0.29, 0.717) is 21.9 Å². The van der Waals surface area contributed by atoms with Gasteiger partial charge in [0.25, 0.3) is 0 Å². The third-order valence-electron chi connectivity index (χ3n) is 2.84. The van der Waals surface area contributed by atoms with Crippen molar-refractivity contribution in [3.8, 4) is 5.75 Å². The maximum absolute atomic E-state index is 12.6. The first-order valence-corrected chi connectivity index (χ1v) is 6.46. The fraction of sp³-hybridized carbons (Fsp3) is 0.200. The molecule has 0 aliphatic carbocycles. The van der Waals surface area contributed by atoms with Gasteiger partial charge in [0.1, 0.15) is 12.4 Å². The molecular weight excluding hydrogens is 305 g/mol. The lowest BCUT2D eigenvalue weighted by atomic mass is 10.1. The fourth-order valence-electron chi connectivity index (χ4n) is 1.81. The summed E-state index contributed by atoms with van der Waals surface area (Å²) in [5.74, 6) is 0.388. The Morgan fingerprint density at radius 3 is 2.52 bits per heavy atom. The van der Waals surface area contributed by atoms with Crippen LogP contribution in [0.2, 0.25) is 5.02 Å². The highest BCUT2D eigenvalue weighted by Gasteiger charge is 2.30. The zero-order valence-electron chi connectivity index (χ0n) is 10.8. The van der Waals surface area contributed by atoms with Gasteiger partial charge in [0.05, 0.1) is 12.2 Å². The second-order valence-electron chi connectivity index (χ2n) is 4.40. The van der Waals surface area contributed by atoms with Gasteiger partial charge in [0, 0.05) is 10.6 Å². The minimum absolute atomic E-state index is 0.0292. The Morgan fingerprint density at radius 2 is 1.86 bits per heavy atom. The van der Waals surface area contributed by atoms with E-state index in [4.69, 9.17) is 16.3 Å². The third kappa shape index (κ3) is 4.12. The molecule has 0 aliphatic rings. The van der Waals surface area contributed by atoms with Gasteiger partial charge in [-0.3, -0.25) is 0 Å². The Labute approximate surface area is 124 Å². The summed E-state index contributed by atoms with van der Waals surface area (Å²) in [6.07, 6.45) is -4.38. The molecule has 2 nitrogen and oxygen atoms in total. The molecule has 0 saturated carbocycles. The Bertz CT molecular complexity index is 627. The number of hydrogen-bond donors (Lipinski definition) is 1. The van der Waals surface area contributed by atoms with E-state index in [9.17, 15) is 18.3 Å². The van der Waals surface area contributed by atoms with Crippen LogP contribution in [-0.4, -0.2) is 5.11 Å². The van der Waals surface area contributed by atoms with Gasteiger partial charge in [0.2, 0.25) is 0 Å². The first-order chi connectivity index (χ1) is 9.90. The van der Waals surface area contributed by atoms with Crippen LogP contribution in [0.5, 0.6) is 5.75 Å². The van der Waals surface area contributed by atoms with Crippen LogP contribution < -0.4 is 4.74 Å². The molecule has 0 saturated heterocycles. The van der Waals surface area contributed by atoms with Crippen LogP contribution in [0, 0.1) is 0 Å². The first-order valence-electron chi connectivity index (χ1n) is 6.08. The van der Waals surface area contributed by atoms with Crippen molar-refractivity contribution in [3.63, 3.8) is 0 Å². The molecule has 0 bridgehead atoms. The summed E-state index contributed by atoms with van der Waals surface area (Å²) in [6.45, 7) is -0.295. The molecule has 0 amide bonds. The number of alkyl halides is 3. The molecule has 2 rings (SSSR count). The number of ether oxygens (including phenoxy) is 1. The largest absolute Gasteiger partial charge is 0.489 e. The minimum Gasteiger partial charge on any atom is -0.489 e. The Balaban J connectivity index is 2.13. The van der Waals surface area contributed by atoms with Gasteiger partial charge in [-0.05, 0) is 35.9 Å². The molecule has 0 heterocycles. The molecule has 0 aliphatic heterocycles. The average Bonchev–Trinajstić information content (AvgIpc) is 2.45. The molecule has 0 spiro atoms. The van der Waals surface area contributed by atoms with E-state index in [1.165, 1.54) is 6.07 Å². The number of rotatable bonds is 4. The summed E-state index contributed by atoms with van der Waals surface area (Å²) in [4.78, 5) is 0. The van der Waals surface area contributed by atoms with E-state index in [0.717, 1.165) is 12.1 Å². The van der Waals surface area contributed by atoms with Crippen LogP contribution in [-0.2, 0) is 19.4 Å². The lowest BCUT2D eigenvalue weighted by Crippen LogP contribution is -2.06. The van der Waals surface area contributed by atoms with E-state index in [1.807, 2.05) is 0 Å². The summed E-state index contributed by atoms with van der Waals surface area (Å²) in [5, 5.41) is 9.65. The summed E-state index contributed by atoms with van der Waals surface area (Å²) >= 11 is 5.79. The van der Waals surface area contributed by atoms with Gasteiger partial charge < -0.3 is 9.84 Å². The van der Waals surface area contributed by atoms with Gasteiger partial charge >= 0.3 is 6.18 Å². The number of aliphatic hydroxyl groups excluding tert-OH is 1. The minimum atomic E-state index is -4.38. The van der Waals surface area contributed by atoms with Crippen molar-refractivity contribution in [1.82, 2.24) is 0 Å². The second kappa shape index (κ2) is 6.37. The maximum Gasteiger partial charge on any atom is 0.416 e. The van der Waals surface area contributed by atoms with Crippen molar-refractivity contribution in [2.24, 2.45) is 0 Å². The fourth-order valence-corrected chi connectivity index (χ4v) is 2.01. The predicted molar refractivity (Wildman–Crippen MR) is 73.2 cm³/mol. The zero-order valence-corrected chi connectivity index (χ0v) is 11.6. The van der Waals surface area contributed by atoms with Gasteiger partial charge in [-0.2, -0.15) is 13.2 Å². The zero-order chi connectivity index (χ0) is 15.5. The number of halogens is 4. The average molecular weight is 317 g/mol. The normalized spacial score (nSPS) is 11.5. The molecule has 0 atom stereocenters. The van der Waals surface area contributed by atoms with Gasteiger partial charge in [-0.15, -0.1) is 0 Å². The van der Waals surface area contributed by atoms with Crippen LogP contribution in [0.1, 0.15) is 16.7 Å². The van der Waals surface area contributed by atoms with Crippen molar-refractivity contribution in [2.45, 2.75) is 19.4 Å². The summed E-state index contributed by atoms with van der Waals surface area (Å²) < 4.78 is 43.3. The second-order valence-corrected chi connectivity index (χ2v) is 4.83. The number of hydrogen-bond acceptors (Lipinski definition) is 2. The molecule has 112 valence electrons. The third-order valence-corrected chi connectivity index (χ3v) is 3.08. The summed E-state index contributed by atoms with van der Waals surface area (Å²) in [6, 6.07) is 9.62. The van der Waals surface area contributed by atoms with E-state index in [2.05, 4.69) is 0 Å². The van der Waals surface area contributed by atoms with E-state index < -0.39 is 11.7 Å². The van der Waals surface area contributed by atoms with E-state index in [1.54, 1.807) is 24.3 Å². The number of benzene rings is 2. The van der Waals surface area contributed by atoms with Crippen LogP contribution >= 0.6 is 11.6 Å². The molecule has 1 N–H and O–H groups in total. The van der Waals surface area contributed by atoms with Gasteiger partial charge in [0.15, 0.2) is 0 Å². The number of aliphatic hydroxyl groups is 1. The highest BCUT2D eigenvalue weighted by atomic mass is 35.5. The van der Waals surface area contributed by atoms with Crippen molar-refractivity contribution >= 4 is 11.6 Å². The predicted octanol–water partition coefficient (Wildman–Crippen LogP) is 4.43. The van der Waals surface area contributed by atoms with Gasteiger partial charge in [-0.1, -0.05) is 23.7 Å². The molecule has 0 fully saturated rings. The lowest BCUT2D eigenvalue weighted by molar-refractivity contribution is -0.137. The van der Waals surface area contributed by atoms with Crippen LogP contribution in [0.25, 0.3) is 0 Å². The molecule has 0 unspecified atom stereocenters. The highest BCUT2D eigenvalue weighted by Crippen LogP contribution is 2.30. The van der Waals surface area contributed by atoms with Crippen LogP contribution in [0.3, 0.4) is 0 Å². The summed E-state index contributed by atoms with van der Waals surface area (Å²) in [7, 11) is 0. The van der Waals surface area contributed by atoms with Crippen molar-refractivity contribution in [2.75, 3.05) is 0 Å². The standard InChI is InChI=1S/C15H12ClF3O2/c16-13-4-5-14(11(7-13)8-20)21-9-10-2-1-3-12(6-10)15(17,18)19/h1-7,20H,8-9H2. The maximum atomic E-state index is 12.6. The van der Waals surface area contributed by atoms with E-state index >= 15 is 0 Å². The molecule has 2 aromatic carbocycles. The topological polar surface area (TPSA) is 29.5 Å². The molecule has 2 aromatic rings. The smallest absolute Gasteiger partial charge is 0.416 e. The Kier molecular flexibility index (Phi) is 4.75. The monoisotopic (exact) mass is 316 g/mol. The van der Waals surface area contributed by atoms with Crippen molar-refractivity contribution in [3.05, 3.63) is 64.2 Å². The molecule has 0 aromatic heterocycles. The molecule has 21 heavy (non-hydrogen) atoms. The van der Waals surface area contributed by atoms with E-state index in [-0.39, 0.29) is 13.2 Å². The Hall–Kier alpha value is -1.72. The molecule has 6 heteroatoms. The lowest BCUT2D eigenvalue weighted by Gasteiger charge is -2.12. The quantitative estimate of drug-likeness (QED) is 0.904. The van der Waals surface area contributed by atoms with Crippen LogP contribution in [0.4, 0.5) is 13.2 Å². The Morgan fingerprint density at radius 1 is 1.10 bits per heavy atom. The van der Waals surface area contributed by atoms with Crippen molar-refractivity contribution < 1.29 is 23.0 Å². The molecular formula is C15H12ClF3O2. The highest BCUT2D eigenvalue weighted by molar-refractivity contribution is 6.30. The summed E-state index contributed by atoms with van der Waals surface area (Å²) in [5.41, 5.74) is 0.153. The first kappa shape index (κ1) is 15.7. The van der Waals surface area contributed by atoms with Gasteiger partial charge in [-0.25, -0.2) is 0 Å². The van der Waals surface area contributed by atoms with Crippen LogP contribution in [0.15, 0.2) is 42.5 Å².